The van der Waals surface area contributed by atoms with Crippen molar-refractivity contribution in [3.05, 3.63) is 72.8 Å². The maximum atomic E-state index is 6.29. The molecule has 0 fully saturated rings. The molecule has 0 aliphatic heterocycles. The Bertz CT molecular complexity index is 1080. The summed E-state index contributed by atoms with van der Waals surface area (Å²) in [6.45, 7) is 9.10. The molecular formula is C21H21Cl2N3S. The molecule has 0 saturated heterocycles. The van der Waals surface area contributed by atoms with Crippen LogP contribution in [0.2, 0.25) is 10.0 Å². The quantitative estimate of drug-likeness (QED) is 0.448. The Morgan fingerprint density at radius 3 is 2.48 bits per heavy atom. The summed E-state index contributed by atoms with van der Waals surface area (Å²) in [6, 6.07) is 9.80. The molecule has 1 aromatic heterocycles. The second-order valence-corrected chi connectivity index (χ2v) is 8.03. The van der Waals surface area contributed by atoms with Crippen molar-refractivity contribution in [2.45, 2.75) is 27.7 Å². The van der Waals surface area contributed by atoms with E-state index in [0.717, 1.165) is 21.6 Å². The minimum Gasteiger partial charge on any atom is -0.258 e. The molecule has 0 spiro atoms. The highest BCUT2D eigenvalue weighted by atomic mass is 35.5. The SMILES string of the molecule is CCN=c1scc(-c2cc(C)c(C)cc2C)n1N=Cc1ccc(Cl)cc1Cl. The van der Waals surface area contributed by atoms with Crippen molar-refractivity contribution in [2.24, 2.45) is 10.1 Å². The van der Waals surface area contributed by atoms with Gasteiger partial charge in [0.1, 0.15) is 0 Å². The number of aryl methyl sites for hydroxylation is 3. The third-order valence-corrected chi connectivity index (χ3v) is 5.79. The fraction of sp³-hybridized carbons (Fsp3) is 0.238. The van der Waals surface area contributed by atoms with Crippen molar-refractivity contribution in [3.8, 4) is 11.3 Å². The summed E-state index contributed by atoms with van der Waals surface area (Å²) in [6.07, 6.45) is 1.75. The zero-order chi connectivity index (χ0) is 19.6. The van der Waals surface area contributed by atoms with E-state index in [1.807, 2.05) is 17.7 Å². The molecule has 2 aromatic carbocycles. The third kappa shape index (κ3) is 4.34. The van der Waals surface area contributed by atoms with Crippen LogP contribution in [0.5, 0.6) is 0 Å². The minimum atomic E-state index is 0.569. The first-order chi connectivity index (χ1) is 12.9. The van der Waals surface area contributed by atoms with Crippen molar-refractivity contribution in [1.82, 2.24) is 4.68 Å². The molecule has 0 aliphatic rings. The van der Waals surface area contributed by atoms with Gasteiger partial charge in [0.15, 0.2) is 0 Å². The predicted molar refractivity (Wildman–Crippen MR) is 118 cm³/mol. The van der Waals surface area contributed by atoms with E-state index in [2.05, 4.69) is 43.3 Å². The molecule has 0 atom stereocenters. The molecule has 3 nitrogen and oxygen atoms in total. The van der Waals surface area contributed by atoms with Crippen LogP contribution in [0, 0.1) is 20.8 Å². The largest absolute Gasteiger partial charge is 0.258 e. The summed E-state index contributed by atoms with van der Waals surface area (Å²) in [5, 5.41) is 7.97. The minimum absolute atomic E-state index is 0.569. The van der Waals surface area contributed by atoms with Crippen LogP contribution in [0.15, 0.2) is 45.8 Å². The van der Waals surface area contributed by atoms with E-state index >= 15 is 0 Å². The fourth-order valence-corrected chi connectivity index (χ4v) is 4.15. The molecule has 0 saturated carbocycles. The monoisotopic (exact) mass is 417 g/mol. The van der Waals surface area contributed by atoms with Crippen molar-refractivity contribution >= 4 is 40.8 Å². The Kier molecular flexibility index (Phi) is 6.20. The molecule has 1 heterocycles. The number of benzene rings is 2. The highest BCUT2D eigenvalue weighted by molar-refractivity contribution is 7.07. The fourth-order valence-electron chi connectivity index (χ4n) is 2.80. The molecule has 0 radical (unpaired) electrons. The standard InChI is InChI=1S/C21H21Cl2N3S/c1-5-24-21-26(25-11-16-6-7-17(22)10-19(16)23)20(12-27-21)18-9-14(3)13(2)8-15(18)4/h6-12H,5H2,1-4H3. The van der Waals surface area contributed by atoms with Crippen LogP contribution >= 0.6 is 34.5 Å². The molecule has 6 heteroatoms. The first-order valence-electron chi connectivity index (χ1n) is 8.69. The summed E-state index contributed by atoms with van der Waals surface area (Å²) in [7, 11) is 0. The van der Waals surface area contributed by atoms with Gasteiger partial charge in [0.05, 0.1) is 16.9 Å². The van der Waals surface area contributed by atoms with Crippen molar-refractivity contribution in [1.29, 1.82) is 0 Å². The maximum Gasteiger partial charge on any atom is 0.206 e. The van der Waals surface area contributed by atoms with Gasteiger partial charge in [0.25, 0.3) is 0 Å². The van der Waals surface area contributed by atoms with E-state index < -0.39 is 0 Å². The number of thiazole rings is 1. The van der Waals surface area contributed by atoms with Gasteiger partial charge in [-0.05, 0) is 62.6 Å². The number of hydrogen-bond donors (Lipinski definition) is 0. The van der Waals surface area contributed by atoms with Crippen LogP contribution in [-0.4, -0.2) is 17.4 Å². The molecule has 27 heavy (non-hydrogen) atoms. The lowest BCUT2D eigenvalue weighted by atomic mass is 9.99. The molecule has 140 valence electrons. The Morgan fingerprint density at radius 2 is 1.78 bits per heavy atom. The Morgan fingerprint density at radius 1 is 1.04 bits per heavy atom. The second-order valence-electron chi connectivity index (χ2n) is 6.35. The van der Waals surface area contributed by atoms with E-state index in [-0.39, 0.29) is 0 Å². The van der Waals surface area contributed by atoms with Gasteiger partial charge in [-0.1, -0.05) is 35.3 Å². The van der Waals surface area contributed by atoms with Gasteiger partial charge in [-0.15, -0.1) is 11.3 Å². The third-order valence-electron chi connectivity index (χ3n) is 4.37. The zero-order valence-corrected chi connectivity index (χ0v) is 18.1. The lowest BCUT2D eigenvalue weighted by molar-refractivity contribution is 0.832. The molecule has 0 aliphatic carbocycles. The topological polar surface area (TPSA) is 29.6 Å². The van der Waals surface area contributed by atoms with Crippen LogP contribution in [0.1, 0.15) is 29.2 Å². The highest BCUT2D eigenvalue weighted by Crippen LogP contribution is 2.27. The van der Waals surface area contributed by atoms with Crippen molar-refractivity contribution < 1.29 is 0 Å². The van der Waals surface area contributed by atoms with E-state index in [9.17, 15) is 0 Å². The van der Waals surface area contributed by atoms with Gasteiger partial charge in [-0.25, -0.2) is 4.68 Å². The summed E-state index contributed by atoms with van der Waals surface area (Å²) in [5.41, 5.74) is 6.75. The summed E-state index contributed by atoms with van der Waals surface area (Å²) < 4.78 is 1.89. The van der Waals surface area contributed by atoms with Crippen LogP contribution in [0.3, 0.4) is 0 Å². The average Bonchev–Trinajstić information content (AvgIpc) is 3.00. The molecule has 0 bridgehead atoms. The normalized spacial score (nSPS) is 12.3. The smallest absolute Gasteiger partial charge is 0.206 e. The molecule has 3 rings (SSSR count). The second kappa shape index (κ2) is 8.42. The molecule has 3 aromatic rings. The van der Waals surface area contributed by atoms with Crippen LogP contribution < -0.4 is 4.80 Å². The molecule has 0 N–H and O–H groups in total. The van der Waals surface area contributed by atoms with Gasteiger partial charge in [0, 0.05) is 28.1 Å². The number of rotatable bonds is 4. The first-order valence-corrected chi connectivity index (χ1v) is 10.3. The number of halogens is 2. The Labute approximate surface area is 173 Å². The van der Waals surface area contributed by atoms with Crippen LogP contribution in [-0.2, 0) is 0 Å². The molecular weight excluding hydrogens is 397 g/mol. The van der Waals surface area contributed by atoms with E-state index in [4.69, 9.17) is 28.3 Å². The number of nitrogens with zero attached hydrogens (tertiary/aromatic N) is 3. The van der Waals surface area contributed by atoms with Gasteiger partial charge in [0.2, 0.25) is 4.80 Å². The van der Waals surface area contributed by atoms with Gasteiger partial charge in [-0.3, -0.25) is 4.99 Å². The molecule has 0 unspecified atom stereocenters. The van der Waals surface area contributed by atoms with Gasteiger partial charge < -0.3 is 0 Å². The summed E-state index contributed by atoms with van der Waals surface area (Å²) in [5.74, 6) is 0. The predicted octanol–water partition coefficient (Wildman–Crippen LogP) is 6.25. The first kappa shape index (κ1) is 19.9. The van der Waals surface area contributed by atoms with E-state index in [1.54, 1.807) is 29.7 Å². The van der Waals surface area contributed by atoms with Crippen molar-refractivity contribution in [3.63, 3.8) is 0 Å². The van der Waals surface area contributed by atoms with Gasteiger partial charge in [-0.2, -0.15) is 5.10 Å². The number of aromatic nitrogens is 1. The lowest BCUT2D eigenvalue weighted by Gasteiger charge is -2.10. The average molecular weight is 418 g/mol. The maximum absolute atomic E-state index is 6.29. The van der Waals surface area contributed by atoms with Crippen LogP contribution in [0.4, 0.5) is 0 Å². The van der Waals surface area contributed by atoms with E-state index in [0.29, 0.717) is 16.6 Å². The highest BCUT2D eigenvalue weighted by Gasteiger charge is 2.11. The Balaban J connectivity index is 2.15. The number of hydrogen-bond acceptors (Lipinski definition) is 3. The molecule has 0 amide bonds. The van der Waals surface area contributed by atoms with Crippen molar-refractivity contribution in [2.75, 3.05) is 6.54 Å². The van der Waals surface area contributed by atoms with E-state index in [1.165, 1.54) is 16.7 Å². The summed E-state index contributed by atoms with van der Waals surface area (Å²) >= 11 is 13.9. The van der Waals surface area contributed by atoms with Gasteiger partial charge >= 0.3 is 0 Å². The lowest BCUT2D eigenvalue weighted by Crippen LogP contribution is -2.12. The summed E-state index contributed by atoms with van der Waals surface area (Å²) in [4.78, 5) is 5.44. The zero-order valence-electron chi connectivity index (χ0n) is 15.8. The van der Waals surface area contributed by atoms with Crippen LogP contribution in [0.25, 0.3) is 11.3 Å². The Hall–Kier alpha value is -1.88.